The second-order valence-electron chi connectivity index (χ2n) is 3.50. The molecule has 0 aliphatic rings. The smallest absolute Gasteiger partial charge is 0.321 e. The molecule has 0 saturated heterocycles. The van der Waals surface area contributed by atoms with Gasteiger partial charge in [-0.25, -0.2) is 8.42 Å². The fourth-order valence-corrected chi connectivity index (χ4v) is 3.28. The molecule has 1 aromatic rings. The van der Waals surface area contributed by atoms with Crippen molar-refractivity contribution < 1.29 is 18.3 Å². The molecule has 0 radical (unpaired) electrons. The summed E-state index contributed by atoms with van der Waals surface area (Å²) in [6.07, 6.45) is 0.118. The Morgan fingerprint density at radius 1 is 1.44 bits per heavy atom. The number of hydrogen-bond donors (Lipinski definition) is 2. The van der Waals surface area contributed by atoms with E-state index < -0.39 is 22.0 Å². The second kappa shape index (κ2) is 5.88. The van der Waals surface area contributed by atoms with Gasteiger partial charge in [-0.2, -0.15) is 4.72 Å². The molecule has 8 heteroatoms. The lowest BCUT2D eigenvalue weighted by Crippen LogP contribution is -2.40. The van der Waals surface area contributed by atoms with Crippen LogP contribution in [0, 0.1) is 0 Å². The first-order valence-corrected chi connectivity index (χ1v) is 7.22. The lowest BCUT2D eigenvalue weighted by atomic mass is 10.2. The molecule has 18 heavy (non-hydrogen) atoms. The molecule has 0 bridgehead atoms. The first kappa shape index (κ1) is 15.2. The van der Waals surface area contributed by atoms with Crippen LogP contribution in [-0.2, 0) is 14.8 Å². The molecule has 0 amide bonds. The zero-order chi connectivity index (χ0) is 13.9. The number of rotatable bonds is 5. The van der Waals surface area contributed by atoms with Crippen molar-refractivity contribution in [3.05, 3.63) is 28.2 Å². The molecule has 2 N–H and O–H groups in total. The Bertz CT molecular complexity index is 559. The lowest BCUT2D eigenvalue weighted by Gasteiger charge is -2.13. The Morgan fingerprint density at radius 2 is 2.06 bits per heavy atom. The number of carboxylic acid groups (broad SMARTS) is 1. The number of benzene rings is 1. The predicted molar refractivity (Wildman–Crippen MR) is 68.5 cm³/mol. The summed E-state index contributed by atoms with van der Waals surface area (Å²) in [7, 11) is -4.02. The van der Waals surface area contributed by atoms with E-state index >= 15 is 0 Å². The molecule has 0 aliphatic carbocycles. The van der Waals surface area contributed by atoms with Gasteiger partial charge in [-0.05, 0) is 24.6 Å². The SMILES string of the molecule is CCC(NS(=O)(=O)c1cc(Cl)ccc1Cl)C(=O)O. The van der Waals surface area contributed by atoms with Crippen LogP contribution in [0.4, 0.5) is 0 Å². The van der Waals surface area contributed by atoms with Crippen molar-refractivity contribution in [2.45, 2.75) is 24.3 Å². The van der Waals surface area contributed by atoms with Gasteiger partial charge in [0.15, 0.2) is 0 Å². The van der Waals surface area contributed by atoms with Gasteiger partial charge >= 0.3 is 5.97 Å². The molecular formula is C10H11Cl2NO4S. The lowest BCUT2D eigenvalue weighted by molar-refractivity contribution is -0.139. The zero-order valence-corrected chi connectivity index (χ0v) is 11.7. The summed E-state index contributed by atoms with van der Waals surface area (Å²) in [5.41, 5.74) is 0. The summed E-state index contributed by atoms with van der Waals surface area (Å²) in [6.45, 7) is 1.56. The van der Waals surface area contributed by atoms with E-state index in [4.69, 9.17) is 28.3 Å². The maximum absolute atomic E-state index is 12.0. The summed E-state index contributed by atoms with van der Waals surface area (Å²) in [4.78, 5) is 10.6. The van der Waals surface area contributed by atoms with E-state index in [0.29, 0.717) is 0 Å². The highest BCUT2D eigenvalue weighted by molar-refractivity contribution is 7.89. The largest absolute Gasteiger partial charge is 0.480 e. The number of halogens is 2. The topological polar surface area (TPSA) is 83.5 Å². The third-order valence-electron chi connectivity index (χ3n) is 2.19. The third kappa shape index (κ3) is 3.58. The minimum atomic E-state index is -4.02. The van der Waals surface area contributed by atoms with E-state index in [1.165, 1.54) is 18.2 Å². The summed E-state index contributed by atoms with van der Waals surface area (Å²) in [6, 6.07) is 2.74. The Labute approximate surface area is 115 Å². The molecule has 1 rings (SSSR count). The van der Waals surface area contributed by atoms with Crippen LogP contribution < -0.4 is 4.72 Å². The van der Waals surface area contributed by atoms with Crippen molar-refractivity contribution in [1.29, 1.82) is 0 Å². The van der Waals surface area contributed by atoms with E-state index in [1.54, 1.807) is 6.92 Å². The zero-order valence-electron chi connectivity index (χ0n) is 9.35. The Hall–Kier alpha value is -0.820. The molecule has 0 aromatic heterocycles. The van der Waals surface area contributed by atoms with Crippen molar-refractivity contribution in [3.63, 3.8) is 0 Å². The van der Waals surface area contributed by atoms with Crippen LogP contribution in [0.3, 0.4) is 0 Å². The van der Waals surface area contributed by atoms with Crippen molar-refractivity contribution >= 4 is 39.2 Å². The fourth-order valence-electron chi connectivity index (χ4n) is 1.24. The molecule has 5 nitrogen and oxygen atoms in total. The predicted octanol–water partition coefficient (Wildman–Crippen LogP) is 2.13. The van der Waals surface area contributed by atoms with Crippen LogP contribution in [0.2, 0.25) is 10.0 Å². The maximum Gasteiger partial charge on any atom is 0.321 e. The van der Waals surface area contributed by atoms with Crippen LogP contribution in [0.15, 0.2) is 23.1 Å². The van der Waals surface area contributed by atoms with E-state index in [9.17, 15) is 13.2 Å². The van der Waals surface area contributed by atoms with Crippen LogP contribution in [0.25, 0.3) is 0 Å². The van der Waals surface area contributed by atoms with Gasteiger partial charge in [0.25, 0.3) is 0 Å². The first-order chi connectivity index (χ1) is 8.27. The normalized spacial score (nSPS) is 13.3. The van der Waals surface area contributed by atoms with Gasteiger partial charge in [0.05, 0.1) is 5.02 Å². The Balaban J connectivity index is 3.14. The minimum absolute atomic E-state index is 0.0212. The third-order valence-corrected chi connectivity index (χ3v) is 4.37. The van der Waals surface area contributed by atoms with Gasteiger partial charge in [0.1, 0.15) is 10.9 Å². The number of aliphatic carboxylic acids is 1. The van der Waals surface area contributed by atoms with Gasteiger partial charge < -0.3 is 5.11 Å². The highest BCUT2D eigenvalue weighted by Gasteiger charge is 2.25. The molecule has 1 aromatic carbocycles. The first-order valence-electron chi connectivity index (χ1n) is 4.98. The Kier molecular flexibility index (Phi) is 4.98. The standard InChI is InChI=1S/C10H11Cl2NO4S/c1-2-8(10(14)15)13-18(16,17)9-5-6(11)3-4-7(9)12/h3-5,8,13H,2H2,1H3,(H,14,15). The second-order valence-corrected chi connectivity index (χ2v) is 6.02. The average Bonchev–Trinajstić information content (AvgIpc) is 2.28. The monoisotopic (exact) mass is 311 g/mol. The summed E-state index contributed by atoms with van der Waals surface area (Å²) >= 11 is 11.5. The number of nitrogens with one attached hydrogen (secondary N) is 1. The molecule has 100 valence electrons. The van der Waals surface area contributed by atoms with E-state index in [0.717, 1.165) is 0 Å². The molecule has 0 heterocycles. The van der Waals surface area contributed by atoms with E-state index in [2.05, 4.69) is 4.72 Å². The summed E-state index contributed by atoms with van der Waals surface area (Å²) in [5, 5.41) is 9.00. The molecule has 0 spiro atoms. The van der Waals surface area contributed by atoms with Gasteiger partial charge in [0.2, 0.25) is 10.0 Å². The number of carbonyl (C=O) groups is 1. The molecule has 0 aliphatic heterocycles. The van der Waals surface area contributed by atoms with Crippen molar-refractivity contribution in [3.8, 4) is 0 Å². The van der Waals surface area contributed by atoms with Crippen LogP contribution in [-0.4, -0.2) is 25.5 Å². The molecule has 1 atom stereocenters. The molecule has 1 unspecified atom stereocenters. The van der Waals surface area contributed by atoms with E-state index in [-0.39, 0.29) is 21.4 Å². The molecule has 0 fully saturated rings. The number of hydrogen-bond acceptors (Lipinski definition) is 3. The fraction of sp³-hybridized carbons (Fsp3) is 0.300. The molecular weight excluding hydrogens is 301 g/mol. The highest BCUT2D eigenvalue weighted by Crippen LogP contribution is 2.25. The van der Waals surface area contributed by atoms with Crippen molar-refractivity contribution in [2.75, 3.05) is 0 Å². The van der Waals surface area contributed by atoms with Gasteiger partial charge in [-0.1, -0.05) is 30.1 Å². The number of sulfonamides is 1. The van der Waals surface area contributed by atoms with E-state index in [1.807, 2.05) is 0 Å². The van der Waals surface area contributed by atoms with Crippen molar-refractivity contribution in [2.24, 2.45) is 0 Å². The molecule has 0 saturated carbocycles. The van der Waals surface area contributed by atoms with Crippen LogP contribution in [0.1, 0.15) is 13.3 Å². The van der Waals surface area contributed by atoms with Gasteiger partial charge in [0, 0.05) is 5.02 Å². The average molecular weight is 312 g/mol. The van der Waals surface area contributed by atoms with Crippen LogP contribution >= 0.6 is 23.2 Å². The minimum Gasteiger partial charge on any atom is -0.480 e. The Morgan fingerprint density at radius 3 is 2.56 bits per heavy atom. The van der Waals surface area contributed by atoms with Crippen molar-refractivity contribution in [1.82, 2.24) is 4.72 Å². The quantitative estimate of drug-likeness (QED) is 0.872. The maximum atomic E-state index is 12.0. The summed E-state index contributed by atoms with van der Waals surface area (Å²) in [5.74, 6) is -1.25. The number of carboxylic acids is 1. The van der Waals surface area contributed by atoms with Crippen LogP contribution in [0.5, 0.6) is 0 Å². The summed E-state index contributed by atoms with van der Waals surface area (Å²) < 4.78 is 26.0. The highest BCUT2D eigenvalue weighted by atomic mass is 35.5. The van der Waals surface area contributed by atoms with Gasteiger partial charge in [-0.3, -0.25) is 4.79 Å². The van der Waals surface area contributed by atoms with Gasteiger partial charge in [-0.15, -0.1) is 0 Å².